The van der Waals surface area contributed by atoms with Crippen LogP contribution >= 0.6 is 12.4 Å². The minimum absolute atomic E-state index is 0. The van der Waals surface area contributed by atoms with Crippen molar-refractivity contribution >= 4 is 47.9 Å². The van der Waals surface area contributed by atoms with Crippen molar-refractivity contribution in [2.24, 2.45) is 0 Å². The summed E-state index contributed by atoms with van der Waals surface area (Å²) in [6, 6.07) is 0. The van der Waals surface area contributed by atoms with Crippen LogP contribution in [-0.4, -0.2) is 40.6 Å². The van der Waals surface area contributed by atoms with E-state index < -0.39 is 5.97 Å². The zero-order chi connectivity index (χ0) is 3.58. The number of carboxylic acid groups (broad SMARTS) is 1. The number of hydrogen-bond donors (Lipinski definition) is 1. The first-order valence-corrected chi connectivity index (χ1v) is 0.928. The van der Waals surface area contributed by atoms with Crippen molar-refractivity contribution in [3.05, 3.63) is 0 Å². The second kappa shape index (κ2) is 15.7. The fraction of sp³-hybridized carbons (Fsp3) is 0.500. The van der Waals surface area contributed by atoms with Crippen LogP contribution in [0.1, 0.15) is 6.92 Å². The molecular formula is C2H6ClMnNaO2. The van der Waals surface area contributed by atoms with Crippen molar-refractivity contribution in [3.63, 3.8) is 0 Å². The van der Waals surface area contributed by atoms with Gasteiger partial charge >= 0.3 is 29.6 Å². The van der Waals surface area contributed by atoms with Gasteiger partial charge in [-0.15, -0.1) is 12.4 Å². The predicted octanol–water partition coefficient (Wildman–Crippen LogP) is -0.138. The van der Waals surface area contributed by atoms with Crippen LogP contribution in [-0.2, 0) is 21.9 Å². The molecule has 0 aromatic heterocycles. The second-order valence-corrected chi connectivity index (χ2v) is 0.519. The number of carboxylic acids is 1. The van der Waals surface area contributed by atoms with Crippen molar-refractivity contribution < 1.29 is 27.0 Å². The van der Waals surface area contributed by atoms with E-state index in [-0.39, 0.29) is 59.0 Å². The van der Waals surface area contributed by atoms with E-state index in [9.17, 15) is 0 Å². The molecule has 0 spiro atoms. The van der Waals surface area contributed by atoms with Crippen molar-refractivity contribution in [2.45, 2.75) is 6.92 Å². The number of carbonyl (C=O) groups is 1. The summed E-state index contributed by atoms with van der Waals surface area (Å²) in [6.07, 6.45) is 0. The van der Waals surface area contributed by atoms with Crippen molar-refractivity contribution in [1.82, 2.24) is 0 Å². The van der Waals surface area contributed by atoms with Gasteiger partial charge < -0.3 is 5.11 Å². The fourth-order valence-corrected chi connectivity index (χ4v) is 0. The van der Waals surface area contributed by atoms with Crippen LogP contribution in [0.15, 0.2) is 0 Å². The molecule has 1 N–H and O–H groups in total. The Balaban J connectivity index is -0.0000000150. The van der Waals surface area contributed by atoms with E-state index in [1.807, 2.05) is 0 Å². The molecule has 0 rings (SSSR count). The summed E-state index contributed by atoms with van der Waals surface area (Å²) in [6.45, 7) is 1.08. The first-order chi connectivity index (χ1) is 1.73. The van der Waals surface area contributed by atoms with Crippen molar-refractivity contribution in [3.8, 4) is 0 Å². The molecular weight excluding hydrogens is 169 g/mol. The summed E-state index contributed by atoms with van der Waals surface area (Å²) in [7, 11) is 0. The molecule has 0 fully saturated rings. The average molecular weight is 175 g/mol. The molecule has 0 bridgehead atoms. The molecule has 0 aromatic carbocycles. The van der Waals surface area contributed by atoms with Gasteiger partial charge in [0.15, 0.2) is 0 Å². The Labute approximate surface area is 81.2 Å². The molecule has 2 nitrogen and oxygen atoms in total. The fourth-order valence-electron chi connectivity index (χ4n) is 0. The van der Waals surface area contributed by atoms with Crippen LogP contribution < -0.4 is 0 Å². The topological polar surface area (TPSA) is 37.3 Å². The van der Waals surface area contributed by atoms with E-state index in [1.165, 1.54) is 0 Å². The summed E-state index contributed by atoms with van der Waals surface area (Å²) < 4.78 is 0. The number of rotatable bonds is 0. The Bertz CT molecular complexity index is 38.7. The van der Waals surface area contributed by atoms with E-state index in [0.717, 1.165) is 6.92 Å². The average Bonchev–Trinajstić information content (AvgIpc) is 0.811. The van der Waals surface area contributed by atoms with Crippen molar-refractivity contribution in [1.29, 1.82) is 0 Å². The van der Waals surface area contributed by atoms with Gasteiger partial charge in [-0.25, -0.2) is 0 Å². The third-order valence-electron chi connectivity index (χ3n) is 0. The Morgan fingerprint density at radius 1 is 1.57 bits per heavy atom. The SMILES string of the molecule is CC(=O)O.Cl.[Mn].[NaH]. The molecule has 0 aliphatic carbocycles. The van der Waals surface area contributed by atoms with Gasteiger partial charge in [-0.1, -0.05) is 0 Å². The van der Waals surface area contributed by atoms with Crippen LogP contribution in [0.4, 0.5) is 0 Å². The summed E-state index contributed by atoms with van der Waals surface area (Å²) in [4.78, 5) is 9.00. The monoisotopic (exact) mass is 175 g/mol. The standard InChI is InChI=1S/C2H4O2.ClH.Mn.Na.H/c1-2(3)4;;;;/h1H3,(H,3,4);1H;;;. The Morgan fingerprint density at radius 3 is 1.57 bits per heavy atom. The third-order valence-corrected chi connectivity index (χ3v) is 0. The molecule has 7 heavy (non-hydrogen) atoms. The van der Waals surface area contributed by atoms with E-state index in [4.69, 9.17) is 9.90 Å². The van der Waals surface area contributed by atoms with E-state index in [2.05, 4.69) is 0 Å². The van der Waals surface area contributed by atoms with Gasteiger partial charge in [0, 0.05) is 24.0 Å². The van der Waals surface area contributed by atoms with Crippen LogP contribution in [0.3, 0.4) is 0 Å². The summed E-state index contributed by atoms with van der Waals surface area (Å²) >= 11 is 0. The van der Waals surface area contributed by atoms with Crippen LogP contribution in [0.25, 0.3) is 0 Å². The van der Waals surface area contributed by atoms with Gasteiger partial charge in [-0.2, -0.15) is 0 Å². The zero-order valence-corrected chi connectivity index (χ0v) is 5.14. The molecule has 0 aromatic rings. The Hall–Kier alpha value is 1.28. The number of hydrogen-bond acceptors (Lipinski definition) is 1. The van der Waals surface area contributed by atoms with Gasteiger partial charge in [0.05, 0.1) is 0 Å². The molecule has 0 saturated heterocycles. The van der Waals surface area contributed by atoms with Crippen LogP contribution in [0, 0.1) is 0 Å². The molecule has 0 unspecified atom stereocenters. The Morgan fingerprint density at radius 2 is 1.57 bits per heavy atom. The van der Waals surface area contributed by atoms with Crippen LogP contribution in [0.5, 0.6) is 0 Å². The molecule has 41 valence electrons. The van der Waals surface area contributed by atoms with E-state index >= 15 is 0 Å². The Kier molecular flexibility index (Phi) is 53.6. The summed E-state index contributed by atoms with van der Waals surface area (Å²) in [5.74, 6) is -0.833. The van der Waals surface area contributed by atoms with Crippen LogP contribution in [0.2, 0.25) is 0 Å². The zero-order valence-electron chi connectivity index (χ0n) is 3.14. The maximum absolute atomic E-state index is 9.00. The van der Waals surface area contributed by atoms with Gasteiger partial charge in [-0.3, -0.25) is 4.79 Å². The third kappa shape index (κ3) is 124. The van der Waals surface area contributed by atoms with Gasteiger partial charge in [0.2, 0.25) is 0 Å². The molecule has 1 radical (unpaired) electrons. The van der Waals surface area contributed by atoms with Crippen molar-refractivity contribution in [2.75, 3.05) is 0 Å². The molecule has 0 aliphatic heterocycles. The molecule has 0 saturated carbocycles. The minimum atomic E-state index is -0.833. The number of aliphatic carboxylic acids is 1. The predicted molar refractivity (Wildman–Crippen MR) is 27.7 cm³/mol. The molecule has 0 atom stereocenters. The summed E-state index contributed by atoms with van der Waals surface area (Å²) in [5, 5.41) is 7.42. The van der Waals surface area contributed by atoms with Gasteiger partial charge in [0.1, 0.15) is 0 Å². The summed E-state index contributed by atoms with van der Waals surface area (Å²) in [5.41, 5.74) is 0. The van der Waals surface area contributed by atoms with E-state index in [1.54, 1.807) is 0 Å². The second-order valence-electron chi connectivity index (χ2n) is 0.519. The van der Waals surface area contributed by atoms with Gasteiger partial charge in [0.25, 0.3) is 5.97 Å². The number of halogens is 1. The normalized spacial score (nSPS) is 3.57. The molecule has 0 heterocycles. The first kappa shape index (κ1) is 24.0. The first-order valence-electron chi connectivity index (χ1n) is 0.928. The maximum atomic E-state index is 9.00. The van der Waals surface area contributed by atoms with Gasteiger partial charge in [-0.05, 0) is 0 Å². The molecule has 0 aliphatic rings. The quantitative estimate of drug-likeness (QED) is 0.521. The van der Waals surface area contributed by atoms with E-state index in [0.29, 0.717) is 0 Å². The molecule has 5 heteroatoms. The molecule has 0 amide bonds.